The third-order valence-electron chi connectivity index (χ3n) is 3.89. The fourth-order valence-corrected chi connectivity index (χ4v) is 2.73. The molecular formula is C16H24N2O2. The fourth-order valence-electron chi connectivity index (χ4n) is 2.73. The fraction of sp³-hybridized carbons (Fsp3) is 0.562. The number of ether oxygens (including phenoxy) is 1. The maximum absolute atomic E-state index is 11.9. The highest BCUT2D eigenvalue weighted by Gasteiger charge is 2.17. The summed E-state index contributed by atoms with van der Waals surface area (Å²) in [5.41, 5.74) is 1.07. The van der Waals surface area contributed by atoms with Gasteiger partial charge in [0.2, 0.25) is 5.91 Å². The molecule has 0 aliphatic heterocycles. The second-order valence-electron chi connectivity index (χ2n) is 5.39. The minimum Gasteiger partial charge on any atom is -0.496 e. The Balaban J connectivity index is 1.81. The van der Waals surface area contributed by atoms with Gasteiger partial charge in [0.25, 0.3) is 0 Å². The van der Waals surface area contributed by atoms with Crippen molar-refractivity contribution in [1.82, 2.24) is 10.6 Å². The van der Waals surface area contributed by atoms with Crippen LogP contribution < -0.4 is 15.4 Å². The molecule has 1 amide bonds. The van der Waals surface area contributed by atoms with E-state index in [1.54, 1.807) is 7.11 Å². The van der Waals surface area contributed by atoms with Gasteiger partial charge in [-0.15, -0.1) is 0 Å². The predicted octanol–water partition coefficient (Wildman–Crippen LogP) is 2.40. The summed E-state index contributed by atoms with van der Waals surface area (Å²) < 4.78 is 5.34. The van der Waals surface area contributed by atoms with Crippen molar-refractivity contribution in [3.63, 3.8) is 0 Å². The van der Waals surface area contributed by atoms with E-state index in [0.29, 0.717) is 12.6 Å². The van der Waals surface area contributed by atoms with E-state index in [9.17, 15) is 4.79 Å². The third-order valence-corrected chi connectivity index (χ3v) is 3.89. The Hall–Kier alpha value is -1.55. The van der Waals surface area contributed by atoms with Crippen LogP contribution in [-0.2, 0) is 4.79 Å². The molecular weight excluding hydrogens is 252 g/mol. The molecule has 1 aliphatic carbocycles. The summed E-state index contributed by atoms with van der Waals surface area (Å²) in [5.74, 6) is 0.933. The lowest BCUT2D eigenvalue weighted by Gasteiger charge is -2.18. The van der Waals surface area contributed by atoms with Crippen LogP contribution in [0.15, 0.2) is 24.3 Å². The van der Waals surface area contributed by atoms with Crippen LogP contribution in [0.5, 0.6) is 5.75 Å². The summed E-state index contributed by atoms with van der Waals surface area (Å²) in [7, 11) is 1.67. The van der Waals surface area contributed by atoms with E-state index in [2.05, 4.69) is 10.6 Å². The molecule has 1 atom stereocenters. The van der Waals surface area contributed by atoms with Crippen molar-refractivity contribution < 1.29 is 9.53 Å². The Labute approximate surface area is 120 Å². The Bertz CT molecular complexity index is 442. The standard InChI is InChI=1S/C16H24N2O2/c1-12(14-9-5-6-10-15(14)20-2)17-11-16(19)18-13-7-3-4-8-13/h5-6,9-10,12-13,17H,3-4,7-8,11H2,1-2H3,(H,18,19)/t12-/m0/s1. The second kappa shape index (κ2) is 7.29. The average molecular weight is 276 g/mol. The zero-order chi connectivity index (χ0) is 14.4. The van der Waals surface area contributed by atoms with Gasteiger partial charge in [0, 0.05) is 17.6 Å². The quantitative estimate of drug-likeness (QED) is 0.839. The number of methoxy groups -OCH3 is 1. The first-order valence-corrected chi connectivity index (χ1v) is 7.36. The maximum Gasteiger partial charge on any atom is 0.234 e. The van der Waals surface area contributed by atoms with Gasteiger partial charge in [0.05, 0.1) is 13.7 Å². The molecule has 1 saturated carbocycles. The minimum absolute atomic E-state index is 0.0821. The van der Waals surface area contributed by atoms with Gasteiger partial charge in [-0.3, -0.25) is 4.79 Å². The van der Waals surface area contributed by atoms with Gasteiger partial charge >= 0.3 is 0 Å². The van der Waals surface area contributed by atoms with Gasteiger partial charge in [0.15, 0.2) is 0 Å². The van der Waals surface area contributed by atoms with Gasteiger partial charge in [0.1, 0.15) is 5.75 Å². The van der Waals surface area contributed by atoms with E-state index in [0.717, 1.165) is 24.2 Å². The molecule has 0 heterocycles. The van der Waals surface area contributed by atoms with E-state index >= 15 is 0 Å². The Morgan fingerprint density at radius 3 is 2.75 bits per heavy atom. The third kappa shape index (κ3) is 3.97. The SMILES string of the molecule is COc1ccccc1[C@H](C)NCC(=O)NC1CCCC1. The lowest BCUT2D eigenvalue weighted by atomic mass is 10.1. The first kappa shape index (κ1) is 14.9. The molecule has 1 fully saturated rings. The zero-order valence-corrected chi connectivity index (χ0v) is 12.3. The summed E-state index contributed by atoms with van der Waals surface area (Å²) in [6.07, 6.45) is 4.70. The first-order chi connectivity index (χ1) is 9.70. The van der Waals surface area contributed by atoms with Crippen molar-refractivity contribution in [1.29, 1.82) is 0 Å². The molecule has 110 valence electrons. The van der Waals surface area contributed by atoms with Crippen molar-refractivity contribution in [3.05, 3.63) is 29.8 Å². The minimum atomic E-state index is 0.0821. The van der Waals surface area contributed by atoms with Crippen molar-refractivity contribution in [3.8, 4) is 5.75 Å². The van der Waals surface area contributed by atoms with E-state index in [4.69, 9.17) is 4.74 Å². The topological polar surface area (TPSA) is 50.4 Å². The zero-order valence-electron chi connectivity index (χ0n) is 12.3. The number of rotatable bonds is 6. The summed E-state index contributed by atoms with van der Waals surface area (Å²) in [6.45, 7) is 2.39. The smallest absolute Gasteiger partial charge is 0.234 e. The van der Waals surface area contributed by atoms with Gasteiger partial charge in [-0.2, -0.15) is 0 Å². The Morgan fingerprint density at radius 2 is 2.05 bits per heavy atom. The first-order valence-electron chi connectivity index (χ1n) is 7.36. The van der Waals surface area contributed by atoms with Crippen LogP contribution in [0.1, 0.15) is 44.2 Å². The molecule has 0 aromatic heterocycles. The molecule has 1 aliphatic rings. The van der Waals surface area contributed by atoms with Gasteiger partial charge < -0.3 is 15.4 Å². The maximum atomic E-state index is 11.9. The molecule has 0 bridgehead atoms. The molecule has 4 heteroatoms. The van der Waals surface area contributed by atoms with Crippen LogP contribution in [0.2, 0.25) is 0 Å². The highest BCUT2D eigenvalue weighted by Crippen LogP contribution is 2.24. The molecule has 0 spiro atoms. The number of para-hydroxylation sites is 1. The number of carbonyl (C=O) groups is 1. The number of nitrogens with one attached hydrogen (secondary N) is 2. The van der Waals surface area contributed by atoms with Crippen LogP contribution in [-0.4, -0.2) is 25.6 Å². The predicted molar refractivity (Wildman–Crippen MR) is 79.8 cm³/mol. The van der Waals surface area contributed by atoms with Gasteiger partial charge in [-0.1, -0.05) is 31.0 Å². The summed E-state index contributed by atoms with van der Waals surface area (Å²) in [6, 6.07) is 8.35. The molecule has 0 radical (unpaired) electrons. The summed E-state index contributed by atoms with van der Waals surface area (Å²) in [4.78, 5) is 11.9. The van der Waals surface area contributed by atoms with Crippen LogP contribution in [0.3, 0.4) is 0 Å². The van der Waals surface area contributed by atoms with Crippen molar-refractivity contribution in [2.75, 3.05) is 13.7 Å². The molecule has 0 saturated heterocycles. The molecule has 2 N–H and O–H groups in total. The van der Waals surface area contributed by atoms with E-state index < -0.39 is 0 Å². The average Bonchev–Trinajstić information content (AvgIpc) is 2.97. The van der Waals surface area contributed by atoms with Gasteiger partial charge in [-0.25, -0.2) is 0 Å². The highest BCUT2D eigenvalue weighted by atomic mass is 16.5. The number of hydrogen-bond acceptors (Lipinski definition) is 3. The molecule has 0 unspecified atom stereocenters. The lowest BCUT2D eigenvalue weighted by Crippen LogP contribution is -2.39. The molecule has 1 aromatic carbocycles. The largest absolute Gasteiger partial charge is 0.496 e. The van der Waals surface area contributed by atoms with Crippen molar-refractivity contribution >= 4 is 5.91 Å². The number of hydrogen-bond donors (Lipinski definition) is 2. The van der Waals surface area contributed by atoms with Crippen LogP contribution >= 0.6 is 0 Å². The number of amides is 1. The van der Waals surface area contributed by atoms with E-state index in [1.807, 2.05) is 31.2 Å². The van der Waals surface area contributed by atoms with Crippen LogP contribution in [0.25, 0.3) is 0 Å². The van der Waals surface area contributed by atoms with Crippen molar-refractivity contribution in [2.45, 2.75) is 44.7 Å². The monoisotopic (exact) mass is 276 g/mol. The summed E-state index contributed by atoms with van der Waals surface area (Å²) in [5, 5.41) is 6.34. The molecule has 20 heavy (non-hydrogen) atoms. The van der Waals surface area contributed by atoms with Crippen LogP contribution in [0.4, 0.5) is 0 Å². The number of benzene rings is 1. The normalized spacial score (nSPS) is 16.9. The van der Waals surface area contributed by atoms with Gasteiger partial charge in [-0.05, 0) is 25.8 Å². The summed E-state index contributed by atoms with van der Waals surface area (Å²) >= 11 is 0. The Kier molecular flexibility index (Phi) is 5.41. The van der Waals surface area contributed by atoms with E-state index in [1.165, 1.54) is 12.8 Å². The van der Waals surface area contributed by atoms with Crippen molar-refractivity contribution in [2.24, 2.45) is 0 Å². The molecule has 1 aromatic rings. The Morgan fingerprint density at radius 1 is 1.35 bits per heavy atom. The van der Waals surface area contributed by atoms with E-state index in [-0.39, 0.29) is 11.9 Å². The number of carbonyl (C=O) groups excluding carboxylic acids is 1. The highest BCUT2D eigenvalue weighted by molar-refractivity contribution is 5.78. The van der Waals surface area contributed by atoms with Crippen LogP contribution in [0, 0.1) is 0 Å². The second-order valence-corrected chi connectivity index (χ2v) is 5.39. The lowest BCUT2D eigenvalue weighted by molar-refractivity contribution is -0.121. The molecule has 2 rings (SSSR count). The molecule has 4 nitrogen and oxygen atoms in total.